The molecular weight excluding hydrogens is 308 g/mol. The minimum absolute atomic E-state index is 0.119. The Hall–Kier alpha value is -1.84. The summed E-state index contributed by atoms with van der Waals surface area (Å²) in [6.07, 6.45) is 0. The second-order valence-electron chi connectivity index (χ2n) is 6.14. The van der Waals surface area contributed by atoms with Gasteiger partial charge in [-0.1, -0.05) is 23.7 Å². The molecule has 0 radical (unpaired) electrons. The number of halogens is 1. The van der Waals surface area contributed by atoms with Crippen molar-refractivity contribution in [3.63, 3.8) is 0 Å². The van der Waals surface area contributed by atoms with Crippen LogP contribution in [0.3, 0.4) is 0 Å². The van der Waals surface area contributed by atoms with Crippen molar-refractivity contribution >= 4 is 23.1 Å². The molecule has 120 valence electrons. The molecule has 1 aliphatic heterocycles. The molecule has 0 bridgehead atoms. The molecule has 0 saturated carbocycles. The second-order valence-corrected chi connectivity index (χ2v) is 6.58. The molecule has 0 unspecified atom stereocenters. The van der Waals surface area contributed by atoms with Gasteiger partial charge in [-0.15, -0.1) is 0 Å². The van der Waals surface area contributed by atoms with Crippen LogP contribution in [0.2, 0.25) is 5.02 Å². The Morgan fingerprint density at radius 3 is 2.22 bits per heavy atom. The van der Waals surface area contributed by atoms with Crippen molar-refractivity contribution in [1.82, 2.24) is 0 Å². The van der Waals surface area contributed by atoms with Crippen molar-refractivity contribution in [1.29, 1.82) is 0 Å². The number of Topliss-reactive ketones (excluding diaryl/α,β-unsaturated/α-hetero) is 1. The van der Waals surface area contributed by atoms with E-state index in [1.54, 1.807) is 11.8 Å². The van der Waals surface area contributed by atoms with Crippen LogP contribution in [-0.2, 0) is 6.54 Å². The average molecular weight is 330 g/mol. The number of carbonyl (C=O) groups excluding carboxylic acids is 1. The lowest BCUT2D eigenvalue weighted by Gasteiger charge is -2.33. The minimum atomic E-state index is 0.119. The summed E-state index contributed by atoms with van der Waals surface area (Å²) in [6, 6.07) is 16.1. The van der Waals surface area contributed by atoms with Gasteiger partial charge in [0.15, 0.2) is 5.78 Å². The molecule has 1 aliphatic rings. The molecule has 2 aromatic rings. The molecule has 1 fully saturated rings. The van der Waals surface area contributed by atoms with E-state index in [0.717, 1.165) is 43.3 Å². The highest BCUT2D eigenvalue weighted by Gasteiger charge is 2.20. The first-order chi connectivity index (χ1) is 11.1. The number of quaternary nitrogens is 1. The van der Waals surface area contributed by atoms with E-state index in [9.17, 15) is 4.79 Å². The smallest absolute Gasteiger partial charge is 0.159 e. The molecule has 23 heavy (non-hydrogen) atoms. The van der Waals surface area contributed by atoms with Gasteiger partial charge in [-0.05, 0) is 43.3 Å². The molecule has 3 nitrogen and oxygen atoms in total. The lowest BCUT2D eigenvalue weighted by molar-refractivity contribution is -0.914. The monoisotopic (exact) mass is 329 g/mol. The van der Waals surface area contributed by atoms with Crippen molar-refractivity contribution in [2.24, 2.45) is 0 Å². The van der Waals surface area contributed by atoms with Crippen LogP contribution in [-0.4, -0.2) is 32.0 Å². The number of nitrogens with zero attached hydrogens (tertiary/aromatic N) is 1. The largest absolute Gasteiger partial charge is 0.360 e. The molecule has 0 aliphatic carbocycles. The van der Waals surface area contributed by atoms with Gasteiger partial charge in [-0.2, -0.15) is 0 Å². The van der Waals surface area contributed by atoms with E-state index in [1.807, 2.05) is 24.3 Å². The van der Waals surface area contributed by atoms with E-state index < -0.39 is 0 Å². The number of ketones is 1. The Balaban J connectivity index is 1.55. The summed E-state index contributed by atoms with van der Waals surface area (Å²) in [4.78, 5) is 15.3. The highest BCUT2D eigenvalue weighted by atomic mass is 35.5. The van der Waals surface area contributed by atoms with Crippen LogP contribution in [0.4, 0.5) is 5.69 Å². The molecule has 4 heteroatoms. The third kappa shape index (κ3) is 4.12. The average Bonchev–Trinajstić information content (AvgIpc) is 2.58. The second kappa shape index (κ2) is 7.16. The number of hydrogen-bond acceptors (Lipinski definition) is 2. The Morgan fingerprint density at radius 1 is 1.04 bits per heavy atom. The van der Waals surface area contributed by atoms with Gasteiger partial charge in [0.05, 0.1) is 26.2 Å². The number of piperazine rings is 1. The molecule has 1 heterocycles. The quantitative estimate of drug-likeness (QED) is 0.872. The lowest BCUT2D eigenvalue weighted by Crippen LogP contribution is -3.13. The molecule has 1 N–H and O–H groups in total. The number of anilines is 1. The van der Waals surface area contributed by atoms with Crippen molar-refractivity contribution in [2.75, 3.05) is 31.1 Å². The lowest BCUT2D eigenvalue weighted by atomic mass is 10.1. The maximum atomic E-state index is 11.3. The molecule has 0 spiro atoms. The molecule has 0 amide bonds. The first-order valence-electron chi connectivity index (χ1n) is 8.06. The molecule has 1 saturated heterocycles. The molecule has 2 aromatic carbocycles. The van der Waals surface area contributed by atoms with E-state index in [4.69, 9.17) is 11.6 Å². The van der Waals surface area contributed by atoms with Crippen molar-refractivity contribution in [3.05, 3.63) is 64.7 Å². The van der Waals surface area contributed by atoms with Crippen molar-refractivity contribution < 1.29 is 9.69 Å². The summed E-state index contributed by atoms with van der Waals surface area (Å²) < 4.78 is 0. The number of benzene rings is 2. The van der Waals surface area contributed by atoms with E-state index in [1.165, 1.54) is 11.3 Å². The van der Waals surface area contributed by atoms with Crippen LogP contribution >= 0.6 is 11.6 Å². The molecule has 0 aromatic heterocycles. The first-order valence-corrected chi connectivity index (χ1v) is 8.43. The summed E-state index contributed by atoms with van der Waals surface area (Å²) in [6.45, 7) is 6.99. The van der Waals surface area contributed by atoms with Gasteiger partial charge in [0.1, 0.15) is 6.54 Å². The van der Waals surface area contributed by atoms with Crippen molar-refractivity contribution in [2.45, 2.75) is 13.5 Å². The predicted octanol–water partition coefficient (Wildman–Crippen LogP) is 2.45. The van der Waals surface area contributed by atoms with Crippen molar-refractivity contribution in [3.8, 4) is 0 Å². The first kappa shape index (κ1) is 16.0. The number of rotatable bonds is 4. The fourth-order valence-corrected chi connectivity index (χ4v) is 3.18. The topological polar surface area (TPSA) is 24.8 Å². The van der Waals surface area contributed by atoms with E-state index >= 15 is 0 Å². The SMILES string of the molecule is CC(=O)c1ccc(N2CC[NH+](Cc3ccc(Cl)cc3)CC2)cc1. The Morgan fingerprint density at radius 2 is 1.65 bits per heavy atom. The number of hydrogen-bond donors (Lipinski definition) is 1. The summed E-state index contributed by atoms with van der Waals surface area (Å²) in [7, 11) is 0. The van der Waals surface area contributed by atoms with E-state index in [0.29, 0.717) is 0 Å². The Labute approximate surface area is 142 Å². The predicted molar refractivity (Wildman–Crippen MR) is 94.5 cm³/mol. The fourth-order valence-electron chi connectivity index (χ4n) is 3.06. The van der Waals surface area contributed by atoms with Gasteiger partial charge in [-0.25, -0.2) is 0 Å². The van der Waals surface area contributed by atoms with Crippen LogP contribution in [0.25, 0.3) is 0 Å². The normalized spacial score (nSPS) is 15.7. The van der Waals surface area contributed by atoms with Crippen LogP contribution < -0.4 is 9.80 Å². The zero-order chi connectivity index (χ0) is 16.2. The number of nitrogens with one attached hydrogen (secondary N) is 1. The molecule has 0 atom stereocenters. The molecule has 3 rings (SSSR count). The van der Waals surface area contributed by atoms with Gasteiger partial charge in [0.25, 0.3) is 0 Å². The minimum Gasteiger partial charge on any atom is -0.360 e. The summed E-state index contributed by atoms with van der Waals surface area (Å²) in [5.41, 5.74) is 3.32. The van der Waals surface area contributed by atoms with Gasteiger partial charge in [-0.3, -0.25) is 4.79 Å². The third-order valence-corrected chi connectivity index (χ3v) is 4.73. The summed E-state index contributed by atoms with van der Waals surface area (Å²) >= 11 is 5.94. The van der Waals surface area contributed by atoms with E-state index in [-0.39, 0.29) is 5.78 Å². The zero-order valence-electron chi connectivity index (χ0n) is 13.4. The maximum absolute atomic E-state index is 11.3. The maximum Gasteiger partial charge on any atom is 0.159 e. The Bertz CT molecular complexity index is 659. The van der Waals surface area contributed by atoms with E-state index in [2.05, 4.69) is 29.2 Å². The highest BCUT2D eigenvalue weighted by Crippen LogP contribution is 2.15. The zero-order valence-corrected chi connectivity index (χ0v) is 14.1. The van der Waals surface area contributed by atoms with Gasteiger partial charge in [0, 0.05) is 21.8 Å². The van der Waals surface area contributed by atoms with Gasteiger partial charge < -0.3 is 9.80 Å². The number of carbonyl (C=O) groups is 1. The van der Waals surface area contributed by atoms with Gasteiger partial charge in [0.2, 0.25) is 0 Å². The fraction of sp³-hybridized carbons (Fsp3) is 0.316. The van der Waals surface area contributed by atoms with Crippen LogP contribution in [0.15, 0.2) is 48.5 Å². The summed E-state index contributed by atoms with van der Waals surface area (Å²) in [5.74, 6) is 0.119. The summed E-state index contributed by atoms with van der Waals surface area (Å²) in [5, 5.41) is 0.794. The Kier molecular flexibility index (Phi) is 4.99. The van der Waals surface area contributed by atoms with Crippen LogP contribution in [0.1, 0.15) is 22.8 Å². The van der Waals surface area contributed by atoms with Crippen LogP contribution in [0, 0.1) is 0 Å². The molecular formula is C19H22ClN2O+. The third-order valence-electron chi connectivity index (χ3n) is 4.48. The van der Waals surface area contributed by atoms with Gasteiger partial charge >= 0.3 is 0 Å². The standard InChI is InChI=1S/C19H21ClN2O/c1-15(23)17-4-8-19(9-5-17)22-12-10-21(11-13-22)14-16-2-6-18(20)7-3-16/h2-9H,10-14H2,1H3/p+1. The highest BCUT2D eigenvalue weighted by molar-refractivity contribution is 6.30. The van der Waals surface area contributed by atoms with Crippen LogP contribution in [0.5, 0.6) is 0 Å².